The highest BCUT2D eigenvalue weighted by Crippen LogP contribution is 2.28. The molecule has 5 heteroatoms. The Morgan fingerprint density at radius 1 is 1.29 bits per heavy atom. The van der Waals surface area contributed by atoms with Gasteiger partial charge in [-0.1, -0.05) is 17.7 Å². The number of aromatic nitrogens is 1. The van der Waals surface area contributed by atoms with E-state index < -0.39 is 0 Å². The molecule has 0 aliphatic heterocycles. The fourth-order valence-electron chi connectivity index (χ4n) is 1.40. The molecule has 0 aliphatic rings. The summed E-state index contributed by atoms with van der Waals surface area (Å²) in [6, 6.07) is 9.37. The number of benzene rings is 1. The van der Waals surface area contributed by atoms with Crippen molar-refractivity contribution in [3.63, 3.8) is 0 Å². The SMILES string of the molecule is Cc1ccc(Nc2nc(Cl)ccc2N)c(Br)c1. The molecule has 1 heterocycles. The van der Waals surface area contributed by atoms with E-state index in [1.807, 2.05) is 25.1 Å². The van der Waals surface area contributed by atoms with Gasteiger partial charge in [-0.3, -0.25) is 0 Å². The number of aryl methyl sites for hydroxylation is 1. The van der Waals surface area contributed by atoms with Gasteiger partial charge in [0.25, 0.3) is 0 Å². The molecule has 0 spiro atoms. The lowest BCUT2D eigenvalue weighted by Crippen LogP contribution is -1.99. The van der Waals surface area contributed by atoms with Crippen LogP contribution in [0.5, 0.6) is 0 Å². The number of rotatable bonds is 2. The lowest BCUT2D eigenvalue weighted by atomic mass is 10.2. The van der Waals surface area contributed by atoms with Crippen LogP contribution in [0, 0.1) is 6.92 Å². The minimum absolute atomic E-state index is 0.407. The normalized spacial score (nSPS) is 10.3. The molecule has 17 heavy (non-hydrogen) atoms. The van der Waals surface area contributed by atoms with Crippen LogP contribution in [0.25, 0.3) is 0 Å². The minimum atomic E-state index is 0.407. The van der Waals surface area contributed by atoms with Crippen LogP contribution in [0.15, 0.2) is 34.8 Å². The number of nitrogens with one attached hydrogen (secondary N) is 1. The lowest BCUT2D eigenvalue weighted by Gasteiger charge is -2.10. The highest BCUT2D eigenvalue weighted by Gasteiger charge is 2.05. The highest BCUT2D eigenvalue weighted by molar-refractivity contribution is 9.10. The average molecular weight is 313 g/mol. The Balaban J connectivity index is 2.34. The summed E-state index contributed by atoms with van der Waals surface area (Å²) in [5.41, 5.74) is 8.45. The average Bonchev–Trinajstić information content (AvgIpc) is 2.27. The van der Waals surface area contributed by atoms with E-state index in [0.717, 1.165) is 10.2 Å². The molecule has 0 radical (unpaired) electrons. The summed E-state index contributed by atoms with van der Waals surface area (Å²) < 4.78 is 0.957. The second-order valence-electron chi connectivity index (χ2n) is 3.68. The van der Waals surface area contributed by atoms with Gasteiger partial charge in [-0.25, -0.2) is 4.98 Å². The van der Waals surface area contributed by atoms with E-state index in [2.05, 4.69) is 26.2 Å². The molecule has 88 valence electrons. The third kappa shape index (κ3) is 2.90. The lowest BCUT2D eigenvalue weighted by molar-refractivity contribution is 1.30. The van der Waals surface area contributed by atoms with Gasteiger partial charge in [0, 0.05) is 4.47 Å². The molecule has 0 saturated carbocycles. The second-order valence-corrected chi connectivity index (χ2v) is 4.92. The molecule has 0 unspecified atom stereocenters. The molecule has 0 fully saturated rings. The molecule has 0 amide bonds. The molecule has 3 nitrogen and oxygen atoms in total. The van der Waals surface area contributed by atoms with Crippen molar-refractivity contribution in [2.45, 2.75) is 6.92 Å². The summed E-state index contributed by atoms with van der Waals surface area (Å²) in [7, 11) is 0. The first-order chi connectivity index (χ1) is 8.06. The largest absolute Gasteiger partial charge is 0.396 e. The van der Waals surface area contributed by atoms with Crippen LogP contribution in [0.4, 0.5) is 17.2 Å². The van der Waals surface area contributed by atoms with Gasteiger partial charge in [-0.15, -0.1) is 0 Å². The quantitative estimate of drug-likeness (QED) is 0.820. The summed E-state index contributed by atoms with van der Waals surface area (Å²) >= 11 is 9.31. The van der Waals surface area contributed by atoms with Crippen molar-refractivity contribution in [1.82, 2.24) is 4.98 Å². The first-order valence-electron chi connectivity index (χ1n) is 5.01. The molecule has 0 atom stereocenters. The molecule has 1 aromatic heterocycles. The highest BCUT2D eigenvalue weighted by atomic mass is 79.9. The summed E-state index contributed by atoms with van der Waals surface area (Å²) in [6.07, 6.45) is 0. The van der Waals surface area contributed by atoms with Crippen LogP contribution >= 0.6 is 27.5 Å². The van der Waals surface area contributed by atoms with Crippen molar-refractivity contribution in [3.05, 3.63) is 45.5 Å². The van der Waals surface area contributed by atoms with Gasteiger partial charge >= 0.3 is 0 Å². The standard InChI is InChI=1S/C12H11BrClN3/c1-7-2-4-10(8(13)6-7)16-12-9(15)3-5-11(14)17-12/h2-6H,15H2,1H3,(H,16,17). The molecular weight excluding hydrogens is 302 g/mol. The van der Waals surface area contributed by atoms with Gasteiger partial charge in [0.15, 0.2) is 5.82 Å². The summed E-state index contributed by atoms with van der Waals surface area (Å²) in [5, 5.41) is 3.55. The number of halogens is 2. The maximum absolute atomic E-state index is 5.83. The number of pyridine rings is 1. The van der Waals surface area contributed by atoms with Gasteiger partial charge in [0.1, 0.15) is 5.15 Å². The molecule has 0 saturated heterocycles. The minimum Gasteiger partial charge on any atom is -0.396 e. The van der Waals surface area contributed by atoms with E-state index in [0.29, 0.717) is 16.7 Å². The summed E-state index contributed by atoms with van der Waals surface area (Å²) in [6.45, 7) is 2.03. The second kappa shape index (κ2) is 4.94. The zero-order valence-electron chi connectivity index (χ0n) is 9.17. The smallest absolute Gasteiger partial charge is 0.155 e. The Labute approximate surface area is 113 Å². The Hall–Kier alpha value is -1.26. The van der Waals surface area contributed by atoms with Crippen LogP contribution < -0.4 is 11.1 Å². The maximum atomic E-state index is 5.83. The Bertz CT molecular complexity index is 557. The fourth-order valence-corrected chi connectivity index (χ4v) is 2.14. The molecule has 0 aliphatic carbocycles. The van der Waals surface area contributed by atoms with Crippen LogP contribution in [0.1, 0.15) is 5.56 Å². The Morgan fingerprint density at radius 2 is 2.06 bits per heavy atom. The van der Waals surface area contributed by atoms with Gasteiger partial charge in [0.2, 0.25) is 0 Å². The molecule has 1 aromatic carbocycles. The maximum Gasteiger partial charge on any atom is 0.155 e. The van der Waals surface area contributed by atoms with Crippen LogP contribution in [0.3, 0.4) is 0 Å². The number of nitrogens with zero attached hydrogens (tertiary/aromatic N) is 1. The van der Waals surface area contributed by atoms with Crippen molar-refractivity contribution in [3.8, 4) is 0 Å². The molecule has 2 rings (SSSR count). The van der Waals surface area contributed by atoms with Crippen molar-refractivity contribution in [2.75, 3.05) is 11.1 Å². The number of nitrogen functional groups attached to an aromatic ring is 1. The van der Waals surface area contributed by atoms with Crippen molar-refractivity contribution >= 4 is 44.7 Å². The van der Waals surface area contributed by atoms with Gasteiger partial charge in [0.05, 0.1) is 11.4 Å². The molecule has 2 aromatic rings. The number of nitrogens with two attached hydrogens (primary N) is 1. The third-order valence-electron chi connectivity index (χ3n) is 2.27. The summed E-state index contributed by atoms with van der Waals surface area (Å²) in [5.74, 6) is 0.557. The Morgan fingerprint density at radius 3 is 2.76 bits per heavy atom. The van der Waals surface area contributed by atoms with E-state index in [9.17, 15) is 0 Å². The Kier molecular flexibility index (Phi) is 3.54. The number of hydrogen-bond donors (Lipinski definition) is 2. The predicted molar refractivity (Wildman–Crippen MR) is 75.8 cm³/mol. The van der Waals surface area contributed by atoms with Crippen LogP contribution in [-0.2, 0) is 0 Å². The van der Waals surface area contributed by atoms with E-state index in [-0.39, 0.29) is 0 Å². The van der Waals surface area contributed by atoms with E-state index in [1.165, 1.54) is 5.56 Å². The molecular formula is C12H11BrClN3. The zero-order valence-corrected chi connectivity index (χ0v) is 11.5. The van der Waals surface area contributed by atoms with Gasteiger partial charge in [-0.2, -0.15) is 0 Å². The van der Waals surface area contributed by atoms with Gasteiger partial charge in [-0.05, 0) is 52.7 Å². The van der Waals surface area contributed by atoms with Crippen molar-refractivity contribution in [2.24, 2.45) is 0 Å². The predicted octanol–water partition coefficient (Wildman–Crippen LogP) is 4.13. The third-order valence-corrected chi connectivity index (χ3v) is 3.14. The van der Waals surface area contributed by atoms with Crippen LogP contribution in [0.2, 0.25) is 5.15 Å². The monoisotopic (exact) mass is 311 g/mol. The number of anilines is 3. The molecule has 0 bridgehead atoms. The fraction of sp³-hybridized carbons (Fsp3) is 0.0833. The first-order valence-corrected chi connectivity index (χ1v) is 6.18. The van der Waals surface area contributed by atoms with E-state index in [1.54, 1.807) is 12.1 Å². The van der Waals surface area contributed by atoms with Crippen LogP contribution in [-0.4, -0.2) is 4.98 Å². The van der Waals surface area contributed by atoms with Crippen molar-refractivity contribution in [1.29, 1.82) is 0 Å². The van der Waals surface area contributed by atoms with E-state index >= 15 is 0 Å². The summed E-state index contributed by atoms with van der Waals surface area (Å²) in [4.78, 5) is 4.14. The van der Waals surface area contributed by atoms with E-state index in [4.69, 9.17) is 17.3 Å². The topological polar surface area (TPSA) is 50.9 Å². The number of hydrogen-bond acceptors (Lipinski definition) is 3. The van der Waals surface area contributed by atoms with Crippen molar-refractivity contribution < 1.29 is 0 Å². The molecule has 3 N–H and O–H groups in total. The zero-order chi connectivity index (χ0) is 12.4. The first kappa shape index (κ1) is 12.2. The van der Waals surface area contributed by atoms with Gasteiger partial charge < -0.3 is 11.1 Å².